The van der Waals surface area contributed by atoms with Crippen molar-refractivity contribution in [1.29, 1.82) is 0 Å². The van der Waals surface area contributed by atoms with Gasteiger partial charge in [-0.15, -0.1) is 0 Å². The van der Waals surface area contributed by atoms with Crippen LogP contribution in [0.15, 0.2) is 42.5 Å². The molecule has 1 saturated heterocycles. The first kappa shape index (κ1) is 38.6. The number of carbonyl (C=O) groups is 2. The Morgan fingerprint density at radius 1 is 0.925 bits per heavy atom. The maximum Gasteiger partial charge on any atom is 0.407 e. The maximum absolute atomic E-state index is 13.5. The highest BCUT2D eigenvalue weighted by molar-refractivity contribution is 7.91. The predicted molar refractivity (Wildman–Crippen MR) is 210 cm³/mol. The van der Waals surface area contributed by atoms with E-state index in [1.54, 1.807) is 12.1 Å². The number of carboxylic acids is 1. The van der Waals surface area contributed by atoms with Crippen molar-refractivity contribution >= 4 is 27.5 Å². The van der Waals surface area contributed by atoms with Crippen LogP contribution in [0.25, 0.3) is 5.57 Å². The standard InChI is InChI=1S/C44H64N2O6S/c1-29(2)32-15-20-44(45-39(49)52-26-8-23-46-24-27-53(50,51)28-25-46)22-21-42(6)34(37(32)44)13-14-36-41(5)18-16-33(30-9-11-31(12-10-30)38(47)48)40(3,4)35(41)17-19-43(36,42)7/h9-12,16,32,34-37H,1,8,13-15,17-28H2,2-7H3,(H,45,49)(H,47,48)/t32-,34?,35?,36?,37?,41-,42+,43+,44-/m0/s1. The molecule has 7 rings (SSSR count). The van der Waals surface area contributed by atoms with Crippen molar-refractivity contribution in [3.8, 4) is 0 Å². The summed E-state index contributed by atoms with van der Waals surface area (Å²) in [7, 11) is -2.91. The number of rotatable bonds is 8. The number of nitrogens with zero attached hydrogens (tertiary/aromatic N) is 1. The van der Waals surface area contributed by atoms with E-state index in [4.69, 9.17) is 4.74 Å². The van der Waals surface area contributed by atoms with Gasteiger partial charge in [0.05, 0.1) is 23.7 Å². The molecule has 1 amide bonds. The van der Waals surface area contributed by atoms with E-state index in [2.05, 4.69) is 64.4 Å². The van der Waals surface area contributed by atoms with Crippen molar-refractivity contribution in [3.63, 3.8) is 0 Å². The normalized spacial score (nSPS) is 40.0. The lowest BCUT2D eigenvalue weighted by Gasteiger charge is -2.72. The predicted octanol–water partition coefficient (Wildman–Crippen LogP) is 8.63. The number of aromatic carboxylic acids is 1. The number of nitrogens with one attached hydrogen (secondary N) is 1. The van der Waals surface area contributed by atoms with Gasteiger partial charge in [-0.25, -0.2) is 18.0 Å². The third-order valence-electron chi connectivity index (χ3n) is 16.7. The summed E-state index contributed by atoms with van der Waals surface area (Å²) in [4.78, 5) is 27.3. The Bertz CT molecular complexity index is 1760. The largest absolute Gasteiger partial charge is 0.478 e. The maximum atomic E-state index is 13.5. The molecule has 9 atom stereocenters. The third kappa shape index (κ3) is 6.32. The van der Waals surface area contributed by atoms with Crippen molar-refractivity contribution in [2.75, 3.05) is 37.7 Å². The Balaban J connectivity index is 1.09. The van der Waals surface area contributed by atoms with Gasteiger partial charge in [0.2, 0.25) is 0 Å². The number of fused-ring (bicyclic) bond motifs is 7. The van der Waals surface area contributed by atoms with E-state index >= 15 is 0 Å². The highest BCUT2D eigenvalue weighted by Gasteiger charge is 2.70. The van der Waals surface area contributed by atoms with Crippen molar-refractivity contribution < 1.29 is 27.9 Å². The molecule has 0 spiro atoms. The summed E-state index contributed by atoms with van der Waals surface area (Å²) in [6.45, 7) is 21.6. The summed E-state index contributed by atoms with van der Waals surface area (Å²) in [5.41, 5.74) is 4.24. The Morgan fingerprint density at radius 2 is 1.62 bits per heavy atom. The molecular formula is C44H64N2O6S. The molecule has 4 saturated carbocycles. The number of ether oxygens (including phenoxy) is 1. The highest BCUT2D eigenvalue weighted by Crippen LogP contribution is 2.76. The van der Waals surface area contributed by atoms with E-state index < -0.39 is 15.8 Å². The lowest BCUT2D eigenvalue weighted by Crippen LogP contribution is -2.68. The molecule has 9 heteroatoms. The minimum Gasteiger partial charge on any atom is -0.478 e. The number of amides is 1. The van der Waals surface area contributed by atoms with Crippen LogP contribution in [0, 0.1) is 51.2 Å². The number of carbonyl (C=O) groups excluding carboxylic acids is 1. The smallest absolute Gasteiger partial charge is 0.407 e. The van der Waals surface area contributed by atoms with Gasteiger partial charge in [0.25, 0.3) is 0 Å². The monoisotopic (exact) mass is 748 g/mol. The SMILES string of the molecule is C=C(C)[C@@H]1CC[C@]2(NC(=O)OCCCN3CCS(=O)(=O)CC3)CC[C@]3(C)C(CCC4[C@@]5(C)CC=C(c6ccc(C(=O)O)cc6)C(C)(C)C5CC[C@]43C)C12. The number of sulfone groups is 1. The van der Waals surface area contributed by atoms with Crippen molar-refractivity contribution in [2.45, 2.75) is 111 Å². The zero-order valence-corrected chi connectivity index (χ0v) is 34.0. The minimum absolute atomic E-state index is 0.0340. The van der Waals surface area contributed by atoms with Gasteiger partial charge in [-0.3, -0.25) is 0 Å². The molecule has 5 aliphatic carbocycles. The Morgan fingerprint density at radius 3 is 2.28 bits per heavy atom. The molecule has 53 heavy (non-hydrogen) atoms. The first-order chi connectivity index (χ1) is 24.9. The number of hydrogen-bond acceptors (Lipinski definition) is 6. The molecule has 1 aromatic carbocycles. The molecule has 4 unspecified atom stereocenters. The van der Waals surface area contributed by atoms with E-state index in [1.165, 1.54) is 36.8 Å². The Labute approximate surface area is 318 Å². The lowest BCUT2D eigenvalue weighted by molar-refractivity contribution is -0.218. The topological polar surface area (TPSA) is 113 Å². The molecular weight excluding hydrogens is 685 g/mol. The molecule has 0 radical (unpaired) electrons. The summed E-state index contributed by atoms with van der Waals surface area (Å²) in [6.07, 6.45) is 12.8. The fourth-order valence-corrected chi connectivity index (χ4v) is 15.2. The molecule has 1 aromatic rings. The third-order valence-corrected chi connectivity index (χ3v) is 18.3. The van der Waals surface area contributed by atoms with Crippen molar-refractivity contribution in [1.82, 2.24) is 10.2 Å². The molecule has 8 nitrogen and oxygen atoms in total. The van der Waals surface area contributed by atoms with E-state index in [1.807, 2.05) is 12.1 Å². The van der Waals surface area contributed by atoms with Gasteiger partial charge in [0.1, 0.15) is 0 Å². The van der Waals surface area contributed by atoms with Crippen LogP contribution in [0.4, 0.5) is 4.79 Å². The van der Waals surface area contributed by atoms with Crippen LogP contribution in [0.2, 0.25) is 0 Å². The van der Waals surface area contributed by atoms with E-state index in [0.29, 0.717) is 61.3 Å². The molecule has 1 aliphatic heterocycles. The van der Waals surface area contributed by atoms with Crippen LogP contribution in [0.1, 0.15) is 122 Å². The van der Waals surface area contributed by atoms with Gasteiger partial charge in [-0.1, -0.05) is 65.0 Å². The Kier molecular flexibility index (Phi) is 9.86. The number of carboxylic acid groups (broad SMARTS) is 1. The van der Waals surface area contributed by atoms with Gasteiger partial charge in [-0.05, 0) is 146 Å². The highest BCUT2D eigenvalue weighted by atomic mass is 32.2. The van der Waals surface area contributed by atoms with E-state index in [-0.39, 0.29) is 44.8 Å². The summed E-state index contributed by atoms with van der Waals surface area (Å²) in [5.74, 6) is 1.88. The number of allylic oxidation sites excluding steroid dienone is 3. The van der Waals surface area contributed by atoms with Crippen LogP contribution in [0.5, 0.6) is 0 Å². The second-order valence-corrected chi connectivity index (χ2v) is 21.7. The second kappa shape index (κ2) is 13.5. The van der Waals surface area contributed by atoms with Gasteiger partial charge < -0.3 is 20.1 Å². The summed E-state index contributed by atoms with van der Waals surface area (Å²) < 4.78 is 29.4. The van der Waals surface area contributed by atoms with E-state index in [9.17, 15) is 23.1 Å². The van der Waals surface area contributed by atoms with Crippen molar-refractivity contribution in [2.24, 2.45) is 51.2 Å². The zero-order chi connectivity index (χ0) is 38.2. The van der Waals surface area contributed by atoms with E-state index in [0.717, 1.165) is 44.2 Å². The second-order valence-electron chi connectivity index (χ2n) is 19.4. The number of hydrogen-bond donors (Lipinski definition) is 2. The van der Waals surface area contributed by atoms with Crippen LogP contribution in [-0.4, -0.2) is 73.8 Å². The van der Waals surface area contributed by atoms with Crippen LogP contribution >= 0.6 is 0 Å². The molecule has 0 bridgehead atoms. The molecule has 2 N–H and O–H groups in total. The van der Waals surface area contributed by atoms with Crippen molar-refractivity contribution in [3.05, 3.63) is 53.6 Å². The molecule has 0 aromatic heterocycles. The Hall–Kier alpha value is -2.65. The van der Waals surface area contributed by atoms with Crippen LogP contribution in [0.3, 0.4) is 0 Å². The molecule has 1 heterocycles. The first-order valence-corrected chi connectivity index (χ1v) is 22.3. The average molecular weight is 749 g/mol. The molecule has 6 aliphatic rings. The summed E-state index contributed by atoms with van der Waals surface area (Å²) in [6, 6.07) is 7.50. The van der Waals surface area contributed by atoms with Crippen LogP contribution < -0.4 is 5.32 Å². The fourth-order valence-electron chi connectivity index (χ4n) is 13.9. The van der Waals surface area contributed by atoms with Gasteiger partial charge in [0.15, 0.2) is 9.84 Å². The number of benzene rings is 1. The average Bonchev–Trinajstić information content (AvgIpc) is 3.47. The van der Waals surface area contributed by atoms with Crippen LogP contribution in [-0.2, 0) is 14.6 Å². The minimum atomic E-state index is -2.91. The lowest BCUT2D eigenvalue weighted by atomic mass is 9.33. The number of alkyl carbamates (subject to hydrolysis) is 1. The summed E-state index contributed by atoms with van der Waals surface area (Å²) in [5, 5.41) is 13.0. The summed E-state index contributed by atoms with van der Waals surface area (Å²) >= 11 is 0. The van der Waals surface area contributed by atoms with Gasteiger partial charge in [0, 0.05) is 25.2 Å². The fraction of sp³-hybridized carbons (Fsp3) is 0.727. The first-order valence-electron chi connectivity index (χ1n) is 20.4. The van der Waals surface area contributed by atoms with Gasteiger partial charge in [-0.2, -0.15) is 0 Å². The zero-order valence-electron chi connectivity index (χ0n) is 33.1. The van der Waals surface area contributed by atoms with Gasteiger partial charge >= 0.3 is 12.1 Å². The molecule has 292 valence electrons. The molecule has 5 fully saturated rings. The quantitative estimate of drug-likeness (QED) is 0.202.